The van der Waals surface area contributed by atoms with Gasteiger partial charge in [-0.1, -0.05) is 17.7 Å². The fraction of sp³-hybridized carbons (Fsp3) is 0.154. The summed E-state index contributed by atoms with van der Waals surface area (Å²) in [6, 6.07) is 14.0. The Bertz CT molecular complexity index is 427. The highest BCUT2D eigenvalue weighted by Gasteiger charge is 1.96. The Labute approximate surface area is 105 Å². The van der Waals surface area contributed by atoms with E-state index in [4.69, 9.17) is 11.6 Å². The van der Waals surface area contributed by atoms with Gasteiger partial charge in [0.25, 0.3) is 0 Å². The Morgan fingerprint density at radius 1 is 1.06 bits per heavy atom. The molecule has 0 amide bonds. The molecular formula is C13H12ClNS. The van der Waals surface area contributed by atoms with E-state index in [0.29, 0.717) is 0 Å². The molecule has 1 aromatic carbocycles. The second-order valence-corrected chi connectivity index (χ2v) is 4.98. The third-order valence-electron chi connectivity index (χ3n) is 2.17. The highest BCUT2D eigenvalue weighted by molar-refractivity contribution is 7.99. The van der Waals surface area contributed by atoms with Crippen LogP contribution in [0, 0.1) is 0 Å². The molecule has 0 radical (unpaired) electrons. The lowest BCUT2D eigenvalue weighted by atomic mass is 10.3. The standard InChI is InChI=1S/C13H12ClNS/c14-11-4-6-13(7-5-11)16-10-8-12-3-1-2-9-15-12/h1-7,9H,8,10H2. The number of hydrogen-bond donors (Lipinski definition) is 0. The molecule has 2 aromatic rings. The number of nitrogens with zero attached hydrogens (tertiary/aromatic N) is 1. The number of hydrogen-bond acceptors (Lipinski definition) is 2. The van der Waals surface area contributed by atoms with Crippen molar-refractivity contribution in [3.05, 3.63) is 59.4 Å². The first-order valence-electron chi connectivity index (χ1n) is 5.13. The van der Waals surface area contributed by atoms with Gasteiger partial charge in [0.05, 0.1) is 0 Å². The Morgan fingerprint density at radius 3 is 2.56 bits per heavy atom. The van der Waals surface area contributed by atoms with Crippen LogP contribution in [0.5, 0.6) is 0 Å². The maximum Gasteiger partial charge on any atom is 0.0411 e. The third kappa shape index (κ3) is 3.54. The van der Waals surface area contributed by atoms with Crippen molar-refractivity contribution in [2.24, 2.45) is 0 Å². The molecule has 0 aliphatic heterocycles. The van der Waals surface area contributed by atoms with Crippen LogP contribution in [0.2, 0.25) is 5.02 Å². The van der Waals surface area contributed by atoms with Crippen molar-refractivity contribution in [3.63, 3.8) is 0 Å². The van der Waals surface area contributed by atoms with Crippen LogP contribution in [0.1, 0.15) is 5.69 Å². The molecule has 0 atom stereocenters. The Morgan fingerprint density at radius 2 is 1.88 bits per heavy atom. The normalized spacial score (nSPS) is 10.3. The average Bonchev–Trinajstić information content (AvgIpc) is 2.33. The molecule has 0 fully saturated rings. The molecule has 1 nitrogen and oxygen atoms in total. The molecule has 0 saturated heterocycles. The number of rotatable bonds is 4. The van der Waals surface area contributed by atoms with Crippen LogP contribution in [0.15, 0.2) is 53.6 Å². The topological polar surface area (TPSA) is 12.9 Å². The van der Waals surface area contributed by atoms with Gasteiger partial charge in [0.1, 0.15) is 0 Å². The molecule has 82 valence electrons. The van der Waals surface area contributed by atoms with Gasteiger partial charge in [-0.15, -0.1) is 11.8 Å². The molecule has 0 spiro atoms. The minimum absolute atomic E-state index is 0.786. The zero-order chi connectivity index (χ0) is 11.2. The number of aryl methyl sites for hydroxylation is 1. The summed E-state index contributed by atoms with van der Waals surface area (Å²) < 4.78 is 0. The highest BCUT2D eigenvalue weighted by atomic mass is 35.5. The van der Waals surface area contributed by atoms with Crippen molar-refractivity contribution in [2.45, 2.75) is 11.3 Å². The number of benzene rings is 1. The summed E-state index contributed by atoms with van der Waals surface area (Å²) >= 11 is 7.65. The fourth-order valence-electron chi connectivity index (χ4n) is 1.35. The SMILES string of the molecule is Clc1ccc(SCCc2ccccn2)cc1. The van der Waals surface area contributed by atoms with Crippen LogP contribution in [-0.4, -0.2) is 10.7 Å². The molecule has 0 aliphatic rings. The van der Waals surface area contributed by atoms with Crippen LogP contribution < -0.4 is 0 Å². The minimum Gasteiger partial charge on any atom is -0.261 e. The zero-order valence-corrected chi connectivity index (χ0v) is 10.3. The second kappa shape index (κ2) is 5.92. The monoisotopic (exact) mass is 249 g/mol. The van der Waals surface area contributed by atoms with Gasteiger partial charge in [0.15, 0.2) is 0 Å². The van der Waals surface area contributed by atoms with E-state index in [1.54, 1.807) is 0 Å². The van der Waals surface area contributed by atoms with E-state index in [0.717, 1.165) is 22.9 Å². The van der Waals surface area contributed by atoms with Gasteiger partial charge in [-0.05, 0) is 42.8 Å². The molecule has 1 heterocycles. The quantitative estimate of drug-likeness (QED) is 0.758. The van der Waals surface area contributed by atoms with E-state index in [1.807, 2.05) is 54.4 Å². The van der Waals surface area contributed by atoms with Gasteiger partial charge < -0.3 is 0 Å². The predicted octanol–water partition coefficient (Wildman–Crippen LogP) is 4.07. The van der Waals surface area contributed by atoms with Crippen molar-refractivity contribution in [3.8, 4) is 0 Å². The first-order valence-corrected chi connectivity index (χ1v) is 6.49. The largest absolute Gasteiger partial charge is 0.261 e. The molecule has 0 bridgehead atoms. The molecule has 0 aliphatic carbocycles. The van der Waals surface area contributed by atoms with Gasteiger partial charge in [-0.25, -0.2) is 0 Å². The third-order valence-corrected chi connectivity index (χ3v) is 3.43. The lowest BCUT2D eigenvalue weighted by molar-refractivity contribution is 1.05. The molecule has 0 saturated carbocycles. The number of halogens is 1. The lowest BCUT2D eigenvalue weighted by Crippen LogP contribution is -1.91. The Kier molecular flexibility index (Phi) is 4.25. The van der Waals surface area contributed by atoms with Gasteiger partial charge >= 0.3 is 0 Å². The van der Waals surface area contributed by atoms with E-state index in [2.05, 4.69) is 11.1 Å². The van der Waals surface area contributed by atoms with E-state index in [1.165, 1.54) is 4.90 Å². The van der Waals surface area contributed by atoms with E-state index in [9.17, 15) is 0 Å². The molecule has 0 unspecified atom stereocenters. The molecular weight excluding hydrogens is 238 g/mol. The van der Waals surface area contributed by atoms with Crippen molar-refractivity contribution >= 4 is 23.4 Å². The van der Waals surface area contributed by atoms with Crippen LogP contribution in [-0.2, 0) is 6.42 Å². The summed E-state index contributed by atoms with van der Waals surface area (Å²) in [7, 11) is 0. The van der Waals surface area contributed by atoms with Crippen molar-refractivity contribution in [1.29, 1.82) is 0 Å². The Balaban J connectivity index is 1.82. The summed E-state index contributed by atoms with van der Waals surface area (Å²) in [5.41, 5.74) is 1.14. The maximum atomic E-state index is 5.82. The van der Waals surface area contributed by atoms with Crippen molar-refractivity contribution < 1.29 is 0 Å². The Hall–Kier alpha value is -0.990. The highest BCUT2D eigenvalue weighted by Crippen LogP contribution is 2.20. The van der Waals surface area contributed by atoms with Crippen LogP contribution in [0.3, 0.4) is 0 Å². The van der Waals surface area contributed by atoms with E-state index >= 15 is 0 Å². The van der Waals surface area contributed by atoms with E-state index in [-0.39, 0.29) is 0 Å². The molecule has 1 aromatic heterocycles. The molecule has 0 N–H and O–H groups in total. The molecule has 3 heteroatoms. The average molecular weight is 250 g/mol. The minimum atomic E-state index is 0.786. The first-order chi connectivity index (χ1) is 7.84. The maximum absolute atomic E-state index is 5.82. The van der Waals surface area contributed by atoms with Crippen LogP contribution in [0.4, 0.5) is 0 Å². The van der Waals surface area contributed by atoms with Gasteiger partial charge in [-0.2, -0.15) is 0 Å². The second-order valence-electron chi connectivity index (χ2n) is 3.37. The van der Waals surface area contributed by atoms with Crippen molar-refractivity contribution in [2.75, 3.05) is 5.75 Å². The van der Waals surface area contributed by atoms with Crippen LogP contribution in [0.25, 0.3) is 0 Å². The zero-order valence-electron chi connectivity index (χ0n) is 8.77. The fourth-order valence-corrected chi connectivity index (χ4v) is 2.35. The van der Waals surface area contributed by atoms with Gasteiger partial charge in [0, 0.05) is 27.6 Å². The van der Waals surface area contributed by atoms with Gasteiger partial charge in [-0.3, -0.25) is 4.98 Å². The summed E-state index contributed by atoms with van der Waals surface area (Å²) in [6.07, 6.45) is 2.83. The summed E-state index contributed by atoms with van der Waals surface area (Å²) in [6.45, 7) is 0. The van der Waals surface area contributed by atoms with Crippen LogP contribution >= 0.6 is 23.4 Å². The molecule has 16 heavy (non-hydrogen) atoms. The van der Waals surface area contributed by atoms with Crippen molar-refractivity contribution in [1.82, 2.24) is 4.98 Å². The summed E-state index contributed by atoms with van der Waals surface area (Å²) in [5.74, 6) is 1.04. The number of pyridine rings is 1. The predicted molar refractivity (Wildman–Crippen MR) is 70.1 cm³/mol. The van der Waals surface area contributed by atoms with Gasteiger partial charge in [0.2, 0.25) is 0 Å². The summed E-state index contributed by atoms with van der Waals surface area (Å²) in [4.78, 5) is 5.54. The smallest absolute Gasteiger partial charge is 0.0411 e. The van der Waals surface area contributed by atoms with E-state index < -0.39 is 0 Å². The number of aromatic nitrogens is 1. The number of thioether (sulfide) groups is 1. The lowest BCUT2D eigenvalue weighted by Gasteiger charge is -2.01. The molecule has 2 rings (SSSR count). The summed E-state index contributed by atoms with van der Waals surface area (Å²) in [5, 5.41) is 0.786. The first kappa shape index (κ1) is 11.5.